The average Bonchev–Trinajstić information content (AvgIpc) is 3.16. The minimum absolute atomic E-state index is 0. The number of methoxy groups -OCH3 is 1. The van der Waals surface area contributed by atoms with Crippen molar-refractivity contribution in [2.45, 2.75) is 31.8 Å². The van der Waals surface area contributed by atoms with E-state index >= 15 is 0 Å². The number of halogens is 1. The maximum absolute atomic E-state index is 11.7. The number of benzene rings is 1. The number of carbonyl (C=O) groups excluding carboxylic acids is 1. The normalized spacial score (nSPS) is 14.9. The summed E-state index contributed by atoms with van der Waals surface area (Å²) < 4.78 is 10.7. The lowest BCUT2D eigenvalue weighted by Crippen LogP contribution is -2.42. The Kier molecular flexibility index (Phi) is 5.65. The van der Waals surface area contributed by atoms with Crippen LogP contribution in [0.3, 0.4) is 0 Å². The second-order valence-corrected chi connectivity index (χ2v) is 4.76. The van der Waals surface area contributed by atoms with Crippen molar-refractivity contribution in [3.8, 4) is 11.5 Å². The van der Waals surface area contributed by atoms with Crippen LogP contribution in [0, 0.1) is 0 Å². The van der Waals surface area contributed by atoms with E-state index in [9.17, 15) is 4.79 Å². The highest BCUT2D eigenvalue weighted by atomic mass is 35.5. The average molecular weight is 301 g/mol. The fraction of sp³-hybridized carbons (Fsp3) is 0.500. The summed E-state index contributed by atoms with van der Waals surface area (Å²) in [7, 11) is 1.60. The van der Waals surface area contributed by atoms with E-state index in [1.807, 2.05) is 25.1 Å². The lowest BCUT2D eigenvalue weighted by atomic mass is 10.2. The summed E-state index contributed by atoms with van der Waals surface area (Å²) in [5.74, 6) is 1.29. The molecule has 1 aromatic rings. The maximum atomic E-state index is 11.7. The molecule has 0 saturated heterocycles. The van der Waals surface area contributed by atoms with Gasteiger partial charge in [0.15, 0.2) is 11.5 Å². The Balaban J connectivity index is 0.00000200. The van der Waals surface area contributed by atoms with Crippen molar-refractivity contribution < 1.29 is 14.3 Å². The molecule has 0 aromatic heterocycles. The molecule has 1 saturated carbocycles. The summed E-state index contributed by atoms with van der Waals surface area (Å²) in [5, 5.41) is 2.85. The Morgan fingerprint density at radius 2 is 2.10 bits per heavy atom. The van der Waals surface area contributed by atoms with Crippen LogP contribution in [0.15, 0.2) is 18.2 Å². The highest BCUT2D eigenvalue weighted by Crippen LogP contribution is 2.32. The van der Waals surface area contributed by atoms with Crippen molar-refractivity contribution in [3.05, 3.63) is 23.8 Å². The van der Waals surface area contributed by atoms with Crippen LogP contribution in [0.1, 0.15) is 25.3 Å². The minimum atomic E-state index is -0.630. The van der Waals surface area contributed by atoms with E-state index in [2.05, 4.69) is 5.32 Å². The summed E-state index contributed by atoms with van der Waals surface area (Å²) in [4.78, 5) is 11.7. The highest BCUT2D eigenvalue weighted by molar-refractivity contribution is 5.88. The first-order valence-electron chi connectivity index (χ1n) is 6.46. The van der Waals surface area contributed by atoms with Gasteiger partial charge in [0, 0.05) is 6.54 Å². The zero-order valence-electron chi connectivity index (χ0n) is 11.8. The molecule has 0 radical (unpaired) electrons. The van der Waals surface area contributed by atoms with Gasteiger partial charge in [0.25, 0.3) is 0 Å². The molecule has 0 aliphatic heterocycles. The number of rotatable bonds is 6. The fourth-order valence-corrected chi connectivity index (χ4v) is 1.82. The van der Waals surface area contributed by atoms with E-state index in [0.29, 0.717) is 24.7 Å². The topological polar surface area (TPSA) is 73.6 Å². The van der Waals surface area contributed by atoms with Gasteiger partial charge in [-0.25, -0.2) is 0 Å². The van der Waals surface area contributed by atoms with Crippen molar-refractivity contribution in [1.82, 2.24) is 5.32 Å². The van der Waals surface area contributed by atoms with Gasteiger partial charge in [-0.3, -0.25) is 4.79 Å². The van der Waals surface area contributed by atoms with E-state index in [1.165, 1.54) is 0 Å². The maximum Gasteiger partial charge on any atom is 0.240 e. The van der Waals surface area contributed by atoms with E-state index in [4.69, 9.17) is 15.2 Å². The van der Waals surface area contributed by atoms with Gasteiger partial charge in [0.1, 0.15) is 0 Å². The van der Waals surface area contributed by atoms with Crippen molar-refractivity contribution in [2.75, 3.05) is 13.7 Å². The predicted molar refractivity (Wildman–Crippen MR) is 79.4 cm³/mol. The quantitative estimate of drug-likeness (QED) is 0.837. The van der Waals surface area contributed by atoms with Crippen LogP contribution in [0.25, 0.3) is 0 Å². The summed E-state index contributed by atoms with van der Waals surface area (Å²) in [6.07, 6.45) is 1.54. The summed E-state index contributed by atoms with van der Waals surface area (Å²) >= 11 is 0. The molecule has 5 nitrogen and oxygen atoms in total. The largest absolute Gasteiger partial charge is 0.493 e. The van der Waals surface area contributed by atoms with Crippen LogP contribution < -0.4 is 20.5 Å². The third-order valence-electron chi connectivity index (χ3n) is 3.22. The van der Waals surface area contributed by atoms with Crippen LogP contribution in [-0.2, 0) is 11.3 Å². The van der Waals surface area contributed by atoms with E-state index in [-0.39, 0.29) is 18.3 Å². The SMILES string of the molecule is CCOc1cc(CNC(=O)C2(N)CC2)ccc1OC.Cl. The molecular formula is C14H21ClN2O3. The molecule has 6 heteroatoms. The number of ether oxygens (including phenoxy) is 2. The van der Waals surface area contributed by atoms with Crippen LogP contribution >= 0.6 is 12.4 Å². The lowest BCUT2D eigenvalue weighted by Gasteiger charge is -2.13. The molecule has 0 spiro atoms. The molecule has 1 aromatic carbocycles. The van der Waals surface area contributed by atoms with Crippen molar-refractivity contribution in [3.63, 3.8) is 0 Å². The molecule has 3 N–H and O–H groups in total. The zero-order chi connectivity index (χ0) is 13.9. The summed E-state index contributed by atoms with van der Waals surface area (Å²) in [6.45, 7) is 2.93. The highest BCUT2D eigenvalue weighted by Gasteiger charge is 2.45. The molecule has 0 atom stereocenters. The predicted octanol–water partition coefficient (Wildman–Crippen LogP) is 1.62. The molecule has 0 bridgehead atoms. The number of amides is 1. The van der Waals surface area contributed by atoms with Gasteiger partial charge in [-0.15, -0.1) is 12.4 Å². The second kappa shape index (κ2) is 6.81. The third-order valence-corrected chi connectivity index (χ3v) is 3.22. The molecule has 112 valence electrons. The van der Waals surface area contributed by atoms with E-state index in [0.717, 1.165) is 18.4 Å². The zero-order valence-corrected chi connectivity index (χ0v) is 12.6. The van der Waals surface area contributed by atoms with Gasteiger partial charge >= 0.3 is 0 Å². The number of hydrogen-bond donors (Lipinski definition) is 2. The van der Waals surface area contributed by atoms with Gasteiger partial charge < -0.3 is 20.5 Å². The number of nitrogens with two attached hydrogens (primary N) is 1. The Morgan fingerprint density at radius 1 is 1.40 bits per heavy atom. The van der Waals surface area contributed by atoms with Gasteiger partial charge in [-0.05, 0) is 37.5 Å². The Bertz CT molecular complexity index is 475. The first-order valence-corrected chi connectivity index (χ1v) is 6.46. The molecule has 1 fully saturated rings. The van der Waals surface area contributed by atoms with E-state index < -0.39 is 5.54 Å². The van der Waals surface area contributed by atoms with Gasteiger partial charge in [0.05, 0.1) is 19.3 Å². The first-order chi connectivity index (χ1) is 9.09. The monoisotopic (exact) mass is 300 g/mol. The van der Waals surface area contributed by atoms with Crippen LogP contribution in [-0.4, -0.2) is 25.2 Å². The summed E-state index contributed by atoms with van der Waals surface area (Å²) in [6, 6.07) is 5.61. The Hall–Kier alpha value is -1.46. The molecule has 0 heterocycles. The Morgan fingerprint density at radius 3 is 2.65 bits per heavy atom. The minimum Gasteiger partial charge on any atom is -0.493 e. The van der Waals surface area contributed by atoms with Gasteiger partial charge in [-0.1, -0.05) is 6.07 Å². The first kappa shape index (κ1) is 16.6. The molecule has 1 aliphatic carbocycles. The third kappa shape index (κ3) is 3.77. The van der Waals surface area contributed by atoms with Crippen molar-refractivity contribution in [1.29, 1.82) is 0 Å². The molecular weight excluding hydrogens is 280 g/mol. The molecule has 20 heavy (non-hydrogen) atoms. The molecule has 1 amide bonds. The second-order valence-electron chi connectivity index (χ2n) is 4.76. The number of hydrogen-bond acceptors (Lipinski definition) is 4. The molecule has 0 unspecified atom stereocenters. The van der Waals surface area contributed by atoms with Crippen molar-refractivity contribution in [2.24, 2.45) is 5.73 Å². The number of nitrogens with one attached hydrogen (secondary N) is 1. The Labute approximate surface area is 125 Å². The smallest absolute Gasteiger partial charge is 0.240 e. The van der Waals surface area contributed by atoms with Crippen LogP contribution in [0.2, 0.25) is 0 Å². The standard InChI is InChI=1S/C14H20N2O3.ClH/c1-3-19-12-8-10(4-5-11(12)18-2)9-16-13(17)14(15)6-7-14;/h4-5,8H,3,6-7,9,15H2,1-2H3,(H,16,17);1H. The van der Waals surface area contributed by atoms with Crippen LogP contribution in [0.4, 0.5) is 0 Å². The van der Waals surface area contributed by atoms with Crippen molar-refractivity contribution >= 4 is 18.3 Å². The van der Waals surface area contributed by atoms with E-state index in [1.54, 1.807) is 7.11 Å². The summed E-state index contributed by atoms with van der Waals surface area (Å²) in [5.41, 5.74) is 6.15. The molecule has 1 aliphatic rings. The van der Waals surface area contributed by atoms with Crippen LogP contribution in [0.5, 0.6) is 11.5 Å². The van der Waals surface area contributed by atoms with Gasteiger partial charge in [0.2, 0.25) is 5.91 Å². The lowest BCUT2D eigenvalue weighted by molar-refractivity contribution is -0.123. The van der Waals surface area contributed by atoms with Gasteiger partial charge in [-0.2, -0.15) is 0 Å². The fourth-order valence-electron chi connectivity index (χ4n) is 1.82. The molecule has 2 rings (SSSR count). The number of carbonyl (C=O) groups is 1.